The van der Waals surface area contributed by atoms with E-state index in [-0.39, 0.29) is 37.6 Å². The van der Waals surface area contributed by atoms with E-state index in [0.29, 0.717) is 22.3 Å². The Bertz CT molecular complexity index is 481. The number of aliphatic hydroxyl groups excluding tert-OH is 2. The summed E-state index contributed by atoms with van der Waals surface area (Å²) in [7, 11) is 0. The highest BCUT2D eigenvalue weighted by molar-refractivity contribution is 6.26. The highest BCUT2D eigenvalue weighted by atomic mass is 16.3. The Morgan fingerprint density at radius 3 is 1.50 bits per heavy atom. The Morgan fingerprint density at radius 2 is 1.17 bits per heavy atom. The molecule has 1 aliphatic rings. The van der Waals surface area contributed by atoms with E-state index in [1.165, 1.54) is 0 Å². The maximum atomic E-state index is 12.2. The molecule has 0 fully saturated rings. The van der Waals surface area contributed by atoms with Crippen LogP contribution < -0.4 is 0 Å². The number of hydrogen-bond acceptors (Lipinski definition) is 4. The Kier molecular flexibility index (Phi) is 3.69. The highest BCUT2D eigenvalue weighted by Gasteiger charge is 2.30. The summed E-state index contributed by atoms with van der Waals surface area (Å²) in [6.07, 6.45) is 0.294. The first kappa shape index (κ1) is 12.7. The monoisotopic (exact) mass is 246 g/mol. The largest absolute Gasteiger partial charge is 0.396 e. The molecule has 1 aliphatic carbocycles. The van der Waals surface area contributed by atoms with E-state index in [4.69, 9.17) is 10.2 Å². The predicted molar refractivity (Wildman–Crippen MR) is 65.5 cm³/mol. The Balaban J connectivity index is 2.56. The van der Waals surface area contributed by atoms with Crippen LogP contribution in [0.25, 0.3) is 0 Å². The zero-order chi connectivity index (χ0) is 13.1. The van der Waals surface area contributed by atoms with E-state index < -0.39 is 0 Å². The molecule has 0 amide bonds. The summed E-state index contributed by atoms with van der Waals surface area (Å²) in [4.78, 5) is 24.5. The Labute approximate surface area is 105 Å². The van der Waals surface area contributed by atoms with Gasteiger partial charge in [-0.25, -0.2) is 0 Å². The third-order valence-electron chi connectivity index (χ3n) is 3.05. The molecule has 0 saturated heterocycles. The van der Waals surface area contributed by atoms with Gasteiger partial charge in [-0.15, -0.1) is 0 Å². The fraction of sp³-hybridized carbons (Fsp3) is 0.286. The molecule has 0 heterocycles. The summed E-state index contributed by atoms with van der Waals surface area (Å²) < 4.78 is 0. The SMILES string of the molecule is O=C1C(CCO)=C(CCO)C(=O)c2ccccc21. The van der Waals surface area contributed by atoms with Crippen LogP contribution in [0.3, 0.4) is 0 Å². The summed E-state index contributed by atoms with van der Waals surface area (Å²) in [6, 6.07) is 6.64. The van der Waals surface area contributed by atoms with Gasteiger partial charge in [-0.05, 0) is 12.8 Å². The molecule has 1 aromatic carbocycles. The standard InChI is InChI=1S/C14H14O4/c15-7-5-11-12(6-8-16)14(18)10-4-2-1-3-9(10)13(11)17/h1-4,15-16H,5-8H2. The molecule has 0 radical (unpaired) electrons. The molecule has 94 valence electrons. The average molecular weight is 246 g/mol. The molecule has 0 spiro atoms. The Hall–Kier alpha value is -1.78. The number of rotatable bonds is 4. The third kappa shape index (κ3) is 2.00. The van der Waals surface area contributed by atoms with Crippen LogP contribution in [-0.4, -0.2) is 35.0 Å². The molecule has 0 unspecified atom stereocenters. The third-order valence-corrected chi connectivity index (χ3v) is 3.05. The van der Waals surface area contributed by atoms with Gasteiger partial charge in [0.2, 0.25) is 0 Å². The van der Waals surface area contributed by atoms with Crippen molar-refractivity contribution in [2.75, 3.05) is 13.2 Å². The van der Waals surface area contributed by atoms with Crippen molar-refractivity contribution in [1.29, 1.82) is 0 Å². The lowest BCUT2D eigenvalue weighted by Crippen LogP contribution is -2.23. The summed E-state index contributed by atoms with van der Waals surface area (Å²) in [5.74, 6) is -0.439. The Morgan fingerprint density at radius 1 is 0.778 bits per heavy atom. The lowest BCUT2D eigenvalue weighted by molar-refractivity contribution is 0.0963. The average Bonchev–Trinajstić information content (AvgIpc) is 2.40. The quantitative estimate of drug-likeness (QED) is 0.835. The van der Waals surface area contributed by atoms with Crippen LogP contribution in [0.4, 0.5) is 0 Å². The molecule has 0 bridgehead atoms. The number of fused-ring (bicyclic) bond motifs is 1. The first-order chi connectivity index (χ1) is 8.70. The van der Waals surface area contributed by atoms with Crippen LogP contribution in [0, 0.1) is 0 Å². The predicted octanol–water partition coefficient (Wildman–Crippen LogP) is 1.13. The summed E-state index contributed by atoms with van der Waals surface area (Å²) in [5.41, 5.74) is 1.42. The smallest absolute Gasteiger partial charge is 0.190 e. The van der Waals surface area contributed by atoms with Gasteiger partial charge in [0.25, 0.3) is 0 Å². The molecule has 1 aromatic rings. The number of hydrogen-bond donors (Lipinski definition) is 2. The van der Waals surface area contributed by atoms with Gasteiger partial charge in [0.1, 0.15) is 0 Å². The minimum absolute atomic E-state index is 0.147. The molecule has 18 heavy (non-hydrogen) atoms. The molecule has 0 atom stereocenters. The first-order valence-electron chi connectivity index (χ1n) is 5.83. The molecule has 2 rings (SSSR count). The van der Waals surface area contributed by atoms with Crippen molar-refractivity contribution in [3.63, 3.8) is 0 Å². The van der Waals surface area contributed by atoms with Crippen LogP contribution in [0.5, 0.6) is 0 Å². The zero-order valence-electron chi connectivity index (χ0n) is 9.85. The van der Waals surface area contributed by atoms with Gasteiger partial charge in [0, 0.05) is 35.5 Å². The summed E-state index contributed by atoms with van der Waals surface area (Å²) >= 11 is 0. The van der Waals surface area contributed by atoms with Crippen LogP contribution >= 0.6 is 0 Å². The van der Waals surface area contributed by atoms with Crippen molar-refractivity contribution in [3.05, 3.63) is 46.5 Å². The topological polar surface area (TPSA) is 74.6 Å². The second-order valence-electron chi connectivity index (χ2n) is 4.11. The molecule has 4 heteroatoms. The van der Waals surface area contributed by atoms with Crippen molar-refractivity contribution < 1.29 is 19.8 Å². The second kappa shape index (κ2) is 5.25. The van der Waals surface area contributed by atoms with Crippen molar-refractivity contribution in [2.24, 2.45) is 0 Å². The van der Waals surface area contributed by atoms with Crippen LogP contribution in [-0.2, 0) is 0 Å². The van der Waals surface area contributed by atoms with Gasteiger partial charge in [0.05, 0.1) is 0 Å². The summed E-state index contributed by atoms with van der Waals surface area (Å²) in [5, 5.41) is 18.0. The van der Waals surface area contributed by atoms with Crippen molar-refractivity contribution in [3.8, 4) is 0 Å². The number of benzene rings is 1. The second-order valence-corrected chi connectivity index (χ2v) is 4.11. The zero-order valence-corrected chi connectivity index (χ0v) is 9.85. The molecule has 2 N–H and O–H groups in total. The highest BCUT2D eigenvalue weighted by Crippen LogP contribution is 2.29. The number of Topliss-reactive ketones (excluding diaryl/α,β-unsaturated/α-hetero) is 2. The van der Waals surface area contributed by atoms with Gasteiger partial charge in [-0.1, -0.05) is 24.3 Å². The minimum atomic E-state index is -0.220. The van der Waals surface area contributed by atoms with E-state index in [1.807, 2.05) is 0 Å². The van der Waals surface area contributed by atoms with Crippen LogP contribution in [0.2, 0.25) is 0 Å². The maximum Gasteiger partial charge on any atom is 0.190 e. The van der Waals surface area contributed by atoms with Crippen molar-refractivity contribution >= 4 is 11.6 Å². The lowest BCUT2D eigenvalue weighted by Gasteiger charge is -2.20. The van der Waals surface area contributed by atoms with E-state index in [9.17, 15) is 9.59 Å². The van der Waals surface area contributed by atoms with Gasteiger partial charge in [0.15, 0.2) is 11.6 Å². The number of aliphatic hydroxyl groups is 2. The van der Waals surface area contributed by atoms with Gasteiger partial charge in [-0.2, -0.15) is 0 Å². The molecule has 0 aliphatic heterocycles. The molecular weight excluding hydrogens is 232 g/mol. The maximum absolute atomic E-state index is 12.2. The summed E-state index contributed by atoms with van der Waals surface area (Å²) in [6.45, 7) is -0.378. The van der Waals surface area contributed by atoms with E-state index in [2.05, 4.69) is 0 Å². The number of carbonyl (C=O) groups excluding carboxylic acids is 2. The van der Waals surface area contributed by atoms with E-state index in [1.54, 1.807) is 24.3 Å². The lowest BCUT2D eigenvalue weighted by atomic mass is 9.82. The molecule has 4 nitrogen and oxygen atoms in total. The van der Waals surface area contributed by atoms with Gasteiger partial charge >= 0.3 is 0 Å². The minimum Gasteiger partial charge on any atom is -0.396 e. The number of carbonyl (C=O) groups is 2. The van der Waals surface area contributed by atoms with Crippen molar-refractivity contribution in [2.45, 2.75) is 12.8 Å². The van der Waals surface area contributed by atoms with E-state index >= 15 is 0 Å². The normalized spacial score (nSPS) is 15.0. The van der Waals surface area contributed by atoms with Crippen LogP contribution in [0.1, 0.15) is 33.6 Å². The van der Waals surface area contributed by atoms with Gasteiger partial charge < -0.3 is 10.2 Å². The fourth-order valence-corrected chi connectivity index (χ4v) is 2.23. The van der Waals surface area contributed by atoms with Crippen LogP contribution in [0.15, 0.2) is 35.4 Å². The fourth-order valence-electron chi connectivity index (χ4n) is 2.23. The van der Waals surface area contributed by atoms with E-state index in [0.717, 1.165) is 0 Å². The molecule has 0 saturated carbocycles. The molecular formula is C14H14O4. The van der Waals surface area contributed by atoms with Gasteiger partial charge in [-0.3, -0.25) is 9.59 Å². The molecule has 0 aromatic heterocycles. The first-order valence-corrected chi connectivity index (χ1v) is 5.83. The number of ketones is 2. The van der Waals surface area contributed by atoms with Crippen molar-refractivity contribution in [1.82, 2.24) is 0 Å².